The molecule has 0 aliphatic heterocycles. The van der Waals surface area contributed by atoms with Crippen LogP contribution >= 0.6 is 0 Å². The van der Waals surface area contributed by atoms with Gasteiger partial charge in [0.1, 0.15) is 5.76 Å². The number of carbonyl (C=O) groups excluding carboxylic acids is 1. The molecule has 1 heterocycles. The number of nitrogens with one attached hydrogen (secondary N) is 1. The van der Waals surface area contributed by atoms with Gasteiger partial charge >= 0.3 is 0 Å². The van der Waals surface area contributed by atoms with Crippen LogP contribution in [0.25, 0.3) is 6.08 Å². The predicted octanol–water partition coefficient (Wildman–Crippen LogP) is 3.49. The quantitative estimate of drug-likeness (QED) is 0.832. The molecule has 0 spiro atoms. The van der Waals surface area contributed by atoms with Crippen LogP contribution < -0.4 is 5.32 Å². The fourth-order valence-corrected chi connectivity index (χ4v) is 1.60. The molecule has 0 saturated carbocycles. The second-order valence-corrected chi connectivity index (χ2v) is 3.89. The maximum Gasteiger partial charge on any atom is 0.248 e. The Morgan fingerprint density at radius 3 is 2.94 bits per heavy atom. The number of amides is 1. The zero-order chi connectivity index (χ0) is 12.8. The number of anilines is 1. The van der Waals surface area contributed by atoms with E-state index < -0.39 is 0 Å². The molecule has 18 heavy (non-hydrogen) atoms. The molecule has 92 valence electrons. The Kier molecular flexibility index (Phi) is 3.97. The highest BCUT2D eigenvalue weighted by molar-refractivity contribution is 6.01. The monoisotopic (exact) mass is 241 g/mol. The van der Waals surface area contributed by atoms with Crippen LogP contribution in [0.2, 0.25) is 0 Å². The molecule has 2 rings (SSSR count). The van der Waals surface area contributed by atoms with E-state index in [9.17, 15) is 4.79 Å². The van der Waals surface area contributed by atoms with Gasteiger partial charge in [-0.1, -0.05) is 19.1 Å². The van der Waals surface area contributed by atoms with Gasteiger partial charge in [-0.05, 0) is 42.3 Å². The van der Waals surface area contributed by atoms with Crippen LogP contribution in [0.1, 0.15) is 18.2 Å². The van der Waals surface area contributed by atoms with Crippen LogP contribution in [0.3, 0.4) is 0 Å². The Hall–Kier alpha value is -2.29. The van der Waals surface area contributed by atoms with Crippen LogP contribution in [0.15, 0.2) is 53.2 Å². The Bertz CT molecular complexity index is 541. The van der Waals surface area contributed by atoms with Crippen molar-refractivity contribution < 1.29 is 9.21 Å². The van der Waals surface area contributed by atoms with Crippen LogP contribution in [-0.4, -0.2) is 5.91 Å². The molecule has 1 amide bonds. The van der Waals surface area contributed by atoms with Crippen molar-refractivity contribution in [2.45, 2.75) is 13.3 Å². The van der Waals surface area contributed by atoms with E-state index in [2.05, 4.69) is 12.2 Å². The summed E-state index contributed by atoms with van der Waals surface area (Å²) in [6.07, 6.45) is 5.62. The predicted molar refractivity (Wildman–Crippen MR) is 72.2 cm³/mol. The second kappa shape index (κ2) is 5.87. The SMILES string of the molecule is CCc1cccc(NC(=O)/C=C/c2ccco2)c1. The van der Waals surface area contributed by atoms with E-state index in [1.54, 1.807) is 24.5 Å². The molecule has 0 unspecified atom stereocenters. The Labute approximate surface area is 106 Å². The summed E-state index contributed by atoms with van der Waals surface area (Å²) in [6, 6.07) is 11.4. The lowest BCUT2D eigenvalue weighted by Gasteiger charge is -2.03. The lowest BCUT2D eigenvalue weighted by atomic mass is 10.1. The first kappa shape index (κ1) is 12.2. The lowest BCUT2D eigenvalue weighted by molar-refractivity contribution is -0.111. The minimum absolute atomic E-state index is 0.167. The summed E-state index contributed by atoms with van der Waals surface area (Å²) in [6.45, 7) is 2.08. The average molecular weight is 241 g/mol. The van der Waals surface area contributed by atoms with Crippen molar-refractivity contribution in [3.8, 4) is 0 Å². The van der Waals surface area contributed by atoms with Crippen LogP contribution in [-0.2, 0) is 11.2 Å². The Morgan fingerprint density at radius 1 is 1.33 bits per heavy atom. The van der Waals surface area contributed by atoms with E-state index in [4.69, 9.17) is 4.42 Å². The fraction of sp³-hybridized carbons (Fsp3) is 0.133. The summed E-state index contributed by atoms with van der Waals surface area (Å²) < 4.78 is 5.10. The van der Waals surface area contributed by atoms with Gasteiger partial charge in [0.2, 0.25) is 5.91 Å². The van der Waals surface area contributed by atoms with E-state index in [1.807, 2.05) is 24.3 Å². The summed E-state index contributed by atoms with van der Waals surface area (Å²) in [5.41, 5.74) is 2.01. The van der Waals surface area contributed by atoms with E-state index in [-0.39, 0.29) is 5.91 Å². The normalized spacial score (nSPS) is 10.7. The summed E-state index contributed by atoms with van der Waals surface area (Å²) >= 11 is 0. The first-order valence-corrected chi connectivity index (χ1v) is 5.89. The topological polar surface area (TPSA) is 42.2 Å². The molecule has 2 aromatic rings. The molecule has 0 bridgehead atoms. The van der Waals surface area contributed by atoms with E-state index in [0.717, 1.165) is 12.1 Å². The minimum atomic E-state index is -0.167. The molecule has 3 nitrogen and oxygen atoms in total. The van der Waals surface area contributed by atoms with Crippen molar-refractivity contribution in [3.05, 3.63) is 60.1 Å². The van der Waals surface area contributed by atoms with E-state index in [1.165, 1.54) is 11.6 Å². The number of rotatable bonds is 4. The first-order valence-electron chi connectivity index (χ1n) is 5.89. The molecule has 0 radical (unpaired) electrons. The maximum atomic E-state index is 11.7. The van der Waals surface area contributed by atoms with Crippen LogP contribution in [0.5, 0.6) is 0 Å². The van der Waals surface area contributed by atoms with Crippen molar-refractivity contribution in [2.24, 2.45) is 0 Å². The van der Waals surface area contributed by atoms with Gasteiger partial charge < -0.3 is 9.73 Å². The van der Waals surface area contributed by atoms with Gasteiger partial charge in [-0.25, -0.2) is 0 Å². The van der Waals surface area contributed by atoms with Gasteiger partial charge in [0.05, 0.1) is 6.26 Å². The molecule has 3 heteroatoms. The summed E-state index contributed by atoms with van der Waals surface area (Å²) in [7, 11) is 0. The molecule has 0 saturated heterocycles. The molecule has 0 aliphatic rings. The Morgan fingerprint density at radius 2 is 2.22 bits per heavy atom. The van der Waals surface area contributed by atoms with E-state index >= 15 is 0 Å². The number of hydrogen-bond donors (Lipinski definition) is 1. The summed E-state index contributed by atoms with van der Waals surface area (Å²) in [5, 5.41) is 2.81. The molecular formula is C15H15NO2. The number of furan rings is 1. The third kappa shape index (κ3) is 3.35. The van der Waals surface area contributed by atoms with Crippen molar-refractivity contribution >= 4 is 17.7 Å². The van der Waals surface area contributed by atoms with Gasteiger partial charge in [0.25, 0.3) is 0 Å². The average Bonchev–Trinajstić information content (AvgIpc) is 2.90. The van der Waals surface area contributed by atoms with Crippen molar-refractivity contribution in [1.82, 2.24) is 0 Å². The van der Waals surface area contributed by atoms with E-state index in [0.29, 0.717) is 5.76 Å². The van der Waals surface area contributed by atoms with Gasteiger partial charge in [-0.15, -0.1) is 0 Å². The summed E-state index contributed by atoms with van der Waals surface area (Å²) in [4.78, 5) is 11.7. The minimum Gasteiger partial charge on any atom is -0.465 e. The number of hydrogen-bond acceptors (Lipinski definition) is 2. The van der Waals surface area contributed by atoms with Gasteiger partial charge in [-0.3, -0.25) is 4.79 Å². The second-order valence-electron chi connectivity index (χ2n) is 3.89. The molecule has 1 aromatic heterocycles. The smallest absolute Gasteiger partial charge is 0.248 e. The van der Waals surface area contributed by atoms with Crippen LogP contribution in [0.4, 0.5) is 5.69 Å². The first-order chi connectivity index (χ1) is 8.78. The molecule has 0 atom stereocenters. The summed E-state index contributed by atoms with van der Waals surface area (Å²) in [5.74, 6) is 0.493. The third-order valence-electron chi connectivity index (χ3n) is 2.54. The molecule has 0 aliphatic carbocycles. The number of aryl methyl sites for hydroxylation is 1. The largest absolute Gasteiger partial charge is 0.465 e. The highest BCUT2D eigenvalue weighted by Crippen LogP contribution is 2.11. The van der Waals surface area contributed by atoms with Crippen molar-refractivity contribution in [1.29, 1.82) is 0 Å². The van der Waals surface area contributed by atoms with Crippen molar-refractivity contribution in [2.75, 3.05) is 5.32 Å². The molecular weight excluding hydrogens is 226 g/mol. The highest BCUT2D eigenvalue weighted by atomic mass is 16.3. The molecule has 1 aromatic carbocycles. The standard InChI is InChI=1S/C15H15NO2/c1-2-12-5-3-6-13(11-12)16-15(17)9-8-14-7-4-10-18-14/h3-11H,2H2,1H3,(H,16,17)/b9-8+. The molecule has 1 N–H and O–H groups in total. The highest BCUT2D eigenvalue weighted by Gasteiger charge is 1.99. The van der Waals surface area contributed by atoms with Gasteiger partial charge in [0.15, 0.2) is 0 Å². The number of carbonyl (C=O) groups is 1. The van der Waals surface area contributed by atoms with Crippen LogP contribution in [0, 0.1) is 0 Å². The third-order valence-corrected chi connectivity index (χ3v) is 2.54. The Balaban J connectivity index is 1.98. The molecule has 0 fully saturated rings. The zero-order valence-corrected chi connectivity index (χ0v) is 10.2. The number of benzene rings is 1. The maximum absolute atomic E-state index is 11.7. The lowest BCUT2D eigenvalue weighted by Crippen LogP contribution is -2.07. The van der Waals surface area contributed by atoms with Gasteiger partial charge in [0, 0.05) is 11.8 Å². The van der Waals surface area contributed by atoms with Gasteiger partial charge in [-0.2, -0.15) is 0 Å². The fourth-order valence-electron chi connectivity index (χ4n) is 1.60. The zero-order valence-electron chi connectivity index (χ0n) is 10.2. The van der Waals surface area contributed by atoms with Crippen molar-refractivity contribution in [3.63, 3.8) is 0 Å².